The van der Waals surface area contributed by atoms with Gasteiger partial charge in [0.05, 0.1) is 5.41 Å². The van der Waals surface area contributed by atoms with Crippen LogP contribution in [0.3, 0.4) is 0 Å². The van der Waals surface area contributed by atoms with Gasteiger partial charge >= 0.3 is 0 Å². The first-order chi connectivity index (χ1) is 8.75. The first kappa shape index (κ1) is 15.5. The lowest BCUT2D eigenvalue weighted by atomic mass is 9.92. The Morgan fingerprint density at radius 2 is 1.95 bits per heavy atom. The van der Waals surface area contributed by atoms with Crippen LogP contribution in [0.15, 0.2) is 24.3 Å². The van der Waals surface area contributed by atoms with Crippen LogP contribution in [0.2, 0.25) is 0 Å². The summed E-state index contributed by atoms with van der Waals surface area (Å²) in [4.78, 5) is 13.4. The molecule has 0 fully saturated rings. The number of rotatable bonds is 6. The van der Waals surface area contributed by atoms with Gasteiger partial charge in [0.25, 0.3) is 0 Å². The molecule has 0 aliphatic carbocycles. The highest BCUT2D eigenvalue weighted by Crippen LogP contribution is 2.25. The van der Waals surface area contributed by atoms with Crippen LogP contribution in [0.5, 0.6) is 0 Å². The minimum Gasteiger partial charge on any atom is -0.377 e. The van der Waals surface area contributed by atoms with Crippen molar-refractivity contribution in [3.05, 3.63) is 29.8 Å². The largest absolute Gasteiger partial charge is 0.377 e. The molecule has 0 bridgehead atoms. The molecule has 106 valence electrons. The number of primary amides is 1. The highest BCUT2D eigenvalue weighted by molar-refractivity contribution is 5.80. The van der Waals surface area contributed by atoms with E-state index < -0.39 is 5.41 Å². The maximum Gasteiger partial charge on any atom is 0.224 e. The van der Waals surface area contributed by atoms with Gasteiger partial charge in [-0.3, -0.25) is 4.79 Å². The van der Waals surface area contributed by atoms with Crippen molar-refractivity contribution >= 4 is 11.6 Å². The highest BCUT2D eigenvalue weighted by Gasteiger charge is 2.25. The Kier molecular flexibility index (Phi) is 4.95. The number of benzene rings is 1. The molecule has 1 atom stereocenters. The number of amides is 1. The third-order valence-electron chi connectivity index (χ3n) is 3.40. The molecule has 0 aliphatic heterocycles. The molecule has 1 aromatic rings. The van der Waals surface area contributed by atoms with Gasteiger partial charge in [-0.25, -0.2) is 0 Å². The number of para-hydroxylation sites is 1. The van der Waals surface area contributed by atoms with E-state index >= 15 is 0 Å². The van der Waals surface area contributed by atoms with E-state index in [9.17, 15) is 4.79 Å². The predicted octanol–water partition coefficient (Wildman–Crippen LogP) is 1.91. The summed E-state index contributed by atoms with van der Waals surface area (Å²) in [6.45, 7) is 6.37. The molecule has 0 spiro atoms. The van der Waals surface area contributed by atoms with Crippen LogP contribution in [0.4, 0.5) is 5.69 Å². The maximum absolute atomic E-state index is 11.3. The number of nitrogens with one attached hydrogen (secondary N) is 1. The Labute approximate surface area is 116 Å². The van der Waals surface area contributed by atoms with Crippen LogP contribution in [-0.2, 0) is 4.79 Å². The van der Waals surface area contributed by atoms with Gasteiger partial charge in [-0.05, 0) is 32.4 Å². The SMILES string of the molecule is C[C@@H](NCC(C)(C)C(N)=O)c1ccccc1N(C)C. The molecule has 1 amide bonds. The quantitative estimate of drug-likeness (QED) is 0.824. The van der Waals surface area contributed by atoms with E-state index in [0.29, 0.717) is 6.54 Å². The van der Waals surface area contributed by atoms with Crippen LogP contribution in [-0.4, -0.2) is 26.5 Å². The van der Waals surface area contributed by atoms with Crippen molar-refractivity contribution in [3.63, 3.8) is 0 Å². The van der Waals surface area contributed by atoms with Gasteiger partial charge in [-0.2, -0.15) is 0 Å². The average Bonchev–Trinajstić information content (AvgIpc) is 2.35. The molecule has 0 saturated heterocycles. The molecular formula is C15H25N3O. The maximum atomic E-state index is 11.3. The second-order valence-corrected chi connectivity index (χ2v) is 5.80. The molecule has 4 nitrogen and oxygen atoms in total. The molecular weight excluding hydrogens is 238 g/mol. The number of anilines is 1. The van der Waals surface area contributed by atoms with Gasteiger partial charge < -0.3 is 16.0 Å². The number of hydrogen-bond donors (Lipinski definition) is 2. The number of nitrogens with zero attached hydrogens (tertiary/aromatic N) is 1. The fourth-order valence-electron chi connectivity index (χ4n) is 1.87. The minimum absolute atomic E-state index is 0.164. The van der Waals surface area contributed by atoms with Gasteiger partial charge in [-0.15, -0.1) is 0 Å². The number of carbonyl (C=O) groups is 1. The minimum atomic E-state index is -0.540. The van der Waals surface area contributed by atoms with Crippen molar-refractivity contribution in [1.82, 2.24) is 5.32 Å². The molecule has 1 aromatic carbocycles. The Hall–Kier alpha value is -1.55. The van der Waals surface area contributed by atoms with Gasteiger partial charge in [0, 0.05) is 32.4 Å². The normalized spacial score (nSPS) is 13.1. The summed E-state index contributed by atoms with van der Waals surface area (Å²) in [7, 11) is 4.05. The third-order valence-corrected chi connectivity index (χ3v) is 3.40. The van der Waals surface area contributed by atoms with Crippen molar-refractivity contribution < 1.29 is 4.79 Å². The standard InChI is InChI=1S/C15H25N3O/c1-11(17-10-15(2,3)14(16)19)12-8-6-7-9-13(12)18(4)5/h6-9,11,17H,10H2,1-5H3,(H2,16,19)/t11-/m1/s1. The van der Waals surface area contributed by atoms with Gasteiger partial charge in [-0.1, -0.05) is 18.2 Å². The van der Waals surface area contributed by atoms with Crippen LogP contribution >= 0.6 is 0 Å². The Balaban J connectivity index is 2.79. The van der Waals surface area contributed by atoms with Crippen molar-refractivity contribution in [3.8, 4) is 0 Å². The molecule has 0 unspecified atom stereocenters. The molecule has 0 aliphatic rings. The van der Waals surface area contributed by atoms with Crippen LogP contribution in [0.25, 0.3) is 0 Å². The number of hydrogen-bond acceptors (Lipinski definition) is 3. The fraction of sp³-hybridized carbons (Fsp3) is 0.533. The molecule has 0 saturated carbocycles. The van der Waals surface area contributed by atoms with Gasteiger partial charge in [0.2, 0.25) is 5.91 Å². The summed E-state index contributed by atoms with van der Waals surface area (Å²) in [5, 5.41) is 3.39. The van der Waals surface area contributed by atoms with Crippen LogP contribution in [0, 0.1) is 5.41 Å². The van der Waals surface area contributed by atoms with Crippen molar-refractivity contribution in [2.45, 2.75) is 26.8 Å². The van der Waals surface area contributed by atoms with E-state index in [0.717, 1.165) is 0 Å². The lowest BCUT2D eigenvalue weighted by Gasteiger charge is -2.26. The highest BCUT2D eigenvalue weighted by atomic mass is 16.1. The second-order valence-electron chi connectivity index (χ2n) is 5.80. The number of nitrogens with two attached hydrogens (primary N) is 1. The monoisotopic (exact) mass is 263 g/mol. The van der Waals surface area contributed by atoms with Gasteiger partial charge in [0.15, 0.2) is 0 Å². The Bertz CT molecular complexity index is 441. The first-order valence-corrected chi connectivity index (χ1v) is 6.55. The van der Waals surface area contributed by atoms with E-state index in [1.807, 2.05) is 40.1 Å². The smallest absolute Gasteiger partial charge is 0.224 e. The molecule has 0 heterocycles. The topological polar surface area (TPSA) is 58.4 Å². The van der Waals surface area contributed by atoms with Crippen molar-refractivity contribution in [1.29, 1.82) is 0 Å². The van der Waals surface area contributed by atoms with E-state index in [1.165, 1.54) is 11.3 Å². The number of carbonyl (C=O) groups excluding carboxylic acids is 1. The molecule has 3 N–H and O–H groups in total. The lowest BCUT2D eigenvalue weighted by molar-refractivity contribution is -0.125. The van der Waals surface area contributed by atoms with E-state index in [4.69, 9.17) is 5.73 Å². The summed E-state index contributed by atoms with van der Waals surface area (Å²) in [5.41, 5.74) is 7.24. The van der Waals surface area contributed by atoms with Crippen LogP contribution < -0.4 is 16.0 Å². The summed E-state index contributed by atoms with van der Waals surface area (Å²) < 4.78 is 0. The van der Waals surface area contributed by atoms with E-state index in [2.05, 4.69) is 29.3 Å². The first-order valence-electron chi connectivity index (χ1n) is 6.55. The third kappa shape index (κ3) is 3.96. The predicted molar refractivity (Wildman–Crippen MR) is 80.2 cm³/mol. The van der Waals surface area contributed by atoms with Crippen LogP contribution in [0.1, 0.15) is 32.4 Å². The zero-order chi connectivity index (χ0) is 14.6. The van der Waals surface area contributed by atoms with Crippen molar-refractivity contribution in [2.75, 3.05) is 25.5 Å². The van der Waals surface area contributed by atoms with E-state index in [1.54, 1.807) is 0 Å². The second kappa shape index (κ2) is 6.06. The van der Waals surface area contributed by atoms with Gasteiger partial charge in [0.1, 0.15) is 0 Å². The Morgan fingerprint density at radius 1 is 1.37 bits per heavy atom. The molecule has 0 radical (unpaired) electrons. The summed E-state index contributed by atoms with van der Waals surface area (Å²) >= 11 is 0. The molecule has 1 rings (SSSR count). The zero-order valence-corrected chi connectivity index (χ0v) is 12.5. The summed E-state index contributed by atoms with van der Waals surface area (Å²) in [5.74, 6) is -0.284. The fourth-order valence-corrected chi connectivity index (χ4v) is 1.87. The zero-order valence-electron chi connectivity index (χ0n) is 12.5. The Morgan fingerprint density at radius 3 is 2.47 bits per heavy atom. The molecule has 0 aromatic heterocycles. The van der Waals surface area contributed by atoms with E-state index in [-0.39, 0.29) is 11.9 Å². The average molecular weight is 263 g/mol. The van der Waals surface area contributed by atoms with Crippen molar-refractivity contribution in [2.24, 2.45) is 11.1 Å². The lowest BCUT2D eigenvalue weighted by Crippen LogP contribution is -2.41. The molecule has 19 heavy (non-hydrogen) atoms. The summed E-state index contributed by atoms with van der Waals surface area (Å²) in [6, 6.07) is 8.41. The molecule has 4 heteroatoms. The summed E-state index contributed by atoms with van der Waals surface area (Å²) in [6.07, 6.45) is 0.